The van der Waals surface area contributed by atoms with Gasteiger partial charge >= 0.3 is 5.63 Å². The first-order valence-corrected chi connectivity index (χ1v) is 6.50. The first kappa shape index (κ1) is 13.2. The number of nitrogen functional groups attached to an aromatic ring is 1. The Kier molecular flexibility index (Phi) is 3.13. The Bertz CT molecular complexity index is 937. The van der Waals surface area contributed by atoms with Crippen LogP contribution in [0.3, 0.4) is 0 Å². The number of nitrogens with two attached hydrogens (primary N) is 1. The van der Waals surface area contributed by atoms with Gasteiger partial charge in [0, 0.05) is 27.7 Å². The first-order chi connectivity index (χ1) is 10.1. The molecule has 0 spiro atoms. The SMILES string of the molecule is N#Cc1c(-c2ccc(Cl)cc2)c2ccc(N)cc2oc1=O. The molecule has 0 aliphatic heterocycles. The molecule has 102 valence electrons. The number of anilines is 1. The third-order valence-electron chi connectivity index (χ3n) is 3.18. The lowest BCUT2D eigenvalue weighted by atomic mass is 9.97. The molecule has 0 aliphatic rings. The maximum Gasteiger partial charge on any atom is 0.354 e. The smallest absolute Gasteiger partial charge is 0.354 e. The van der Waals surface area contributed by atoms with Gasteiger partial charge in [-0.2, -0.15) is 5.26 Å². The van der Waals surface area contributed by atoms with Crippen molar-refractivity contribution in [2.45, 2.75) is 0 Å². The minimum Gasteiger partial charge on any atom is -0.422 e. The molecular weight excluding hydrogens is 288 g/mol. The number of rotatable bonds is 1. The van der Waals surface area contributed by atoms with Crippen LogP contribution in [0.2, 0.25) is 5.02 Å². The van der Waals surface area contributed by atoms with Crippen LogP contribution in [0, 0.1) is 11.3 Å². The van der Waals surface area contributed by atoms with Crippen molar-refractivity contribution >= 4 is 28.3 Å². The molecule has 2 aromatic carbocycles. The van der Waals surface area contributed by atoms with Crippen molar-refractivity contribution in [2.75, 3.05) is 5.73 Å². The Morgan fingerprint density at radius 2 is 1.86 bits per heavy atom. The van der Waals surface area contributed by atoms with E-state index < -0.39 is 5.63 Å². The summed E-state index contributed by atoms with van der Waals surface area (Å²) in [5.41, 5.74) is 7.08. The van der Waals surface area contributed by atoms with Crippen LogP contribution in [0.5, 0.6) is 0 Å². The van der Waals surface area contributed by atoms with Crippen LogP contribution >= 0.6 is 11.6 Å². The van der Waals surface area contributed by atoms with Crippen molar-refractivity contribution in [3.63, 3.8) is 0 Å². The summed E-state index contributed by atoms with van der Waals surface area (Å²) in [4.78, 5) is 12.0. The van der Waals surface area contributed by atoms with E-state index >= 15 is 0 Å². The lowest BCUT2D eigenvalue weighted by Crippen LogP contribution is -2.07. The monoisotopic (exact) mass is 296 g/mol. The summed E-state index contributed by atoms with van der Waals surface area (Å²) in [5, 5.41) is 10.5. The van der Waals surface area contributed by atoms with Crippen LogP contribution < -0.4 is 11.4 Å². The van der Waals surface area contributed by atoms with Gasteiger partial charge in [-0.1, -0.05) is 23.7 Å². The van der Waals surface area contributed by atoms with E-state index in [1.54, 1.807) is 42.5 Å². The predicted molar refractivity (Wildman–Crippen MR) is 82.1 cm³/mol. The molecule has 0 unspecified atom stereocenters. The molecule has 1 aromatic heterocycles. The Morgan fingerprint density at radius 1 is 1.14 bits per heavy atom. The molecule has 0 radical (unpaired) electrons. The molecule has 0 atom stereocenters. The maximum absolute atomic E-state index is 12.0. The predicted octanol–water partition coefficient (Wildman–Crippen LogP) is 3.57. The fourth-order valence-electron chi connectivity index (χ4n) is 2.24. The van der Waals surface area contributed by atoms with Gasteiger partial charge in [0.05, 0.1) is 0 Å². The van der Waals surface area contributed by atoms with Crippen molar-refractivity contribution in [3.8, 4) is 17.2 Å². The highest BCUT2D eigenvalue weighted by atomic mass is 35.5. The standard InChI is InChI=1S/C16H9ClN2O2/c17-10-3-1-9(2-4-10)15-12-6-5-11(19)7-14(12)21-16(20)13(15)8-18/h1-7H,19H2. The van der Waals surface area contributed by atoms with Crippen molar-refractivity contribution < 1.29 is 4.42 Å². The number of fused-ring (bicyclic) bond motifs is 1. The largest absolute Gasteiger partial charge is 0.422 e. The molecule has 2 N–H and O–H groups in total. The summed E-state index contributed by atoms with van der Waals surface area (Å²) in [5.74, 6) is 0. The van der Waals surface area contributed by atoms with Crippen LogP contribution in [0.4, 0.5) is 5.69 Å². The number of benzene rings is 2. The molecule has 0 aliphatic carbocycles. The Hall–Kier alpha value is -2.77. The molecule has 0 saturated heterocycles. The van der Waals surface area contributed by atoms with E-state index in [-0.39, 0.29) is 5.56 Å². The van der Waals surface area contributed by atoms with E-state index in [1.807, 2.05) is 6.07 Å². The lowest BCUT2D eigenvalue weighted by Gasteiger charge is -2.08. The molecule has 3 aromatic rings. The molecule has 4 nitrogen and oxygen atoms in total. The summed E-state index contributed by atoms with van der Waals surface area (Å²) in [6.45, 7) is 0. The van der Waals surface area contributed by atoms with Crippen LogP contribution in [-0.2, 0) is 0 Å². The fraction of sp³-hybridized carbons (Fsp3) is 0. The number of halogens is 1. The van der Waals surface area contributed by atoms with Crippen molar-refractivity contribution in [2.24, 2.45) is 0 Å². The first-order valence-electron chi connectivity index (χ1n) is 6.12. The van der Waals surface area contributed by atoms with E-state index in [0.29, 0.717) is 27.2 Å². The summed E-state index contributed by atoms with van der Waals surface area (Å²) < 4.78 is 5.17. The van der Waals surface area contributed by atoms with E-state index in [0.717, 1.165) is 5.56 Å². The average Bonchev–Trinajstić information content (AvgIpc) is 2.46. The van der Waals surface area contributed by atoms with Crippen molar-refractivity contribution in [3.05, 3.63) is 63.5 Å². The third-order valence-corrected chi connectivity index (χ3v) is 3.43. The van der Waals surface area contributed by atoms with Crippen LogP contribution in [0.25, 0.3) is 22.1 Å². The molecule has 0 saturated carbocycles. The highest BCUT2D eigenvalue weighted by Gasteiger charge is 2.16. The average molecular weight is 297 g/mol. The van der Waals surface area contributed by atoms with Gasteiger partial charge < -0.3 is 10.2 Å². The van der Waals surface area contributed by atoms with E-state index in [4.69, 9.17) is 21.8 Å². The van der Waals surface area contributed by atoms with Gasteiger partial charge in [-0.15, -0.1) is 0 Å². The van der Waals surface area contributed by atoms with Gasteiger partial charge in [-0.3, -0.25) is 0 Å². The van der Waals surface area contributed by atoms with E-state index in [9.17, 15) is 10.1 Å². The number of nitriles is 1. The quantitative estimate of drug-likeness (QED) is 0.550. The van der Waals surface area contributed by atoms with Gasteiger partial charge in [-0.25, -0.2) is 4.79 Å². The molecule has 1 heterocycles. The Morgan fingerprint density at radius 3 is 2.52 bits per heavy atom. The van der Waals surface area contributed by atoms with Crippen LogP contribution in [0.15, 0.2) is 51.7 Å². The van der Waals surface area contributed by atoms with E-state index in [2.05, 4.69) is 0 Å². The third kappa shape index (κ3) is 2.24. The normalized spacial score (nSPS) is 10.5. The highest BCUT2D eigenvalue weighted by molar-refractivity contribution is 6.30. The summed E-state index contributed by atoms with van der Waals surface area (Å²) in [6, 6.07) is 13.8. The molecule has 0 amide bonds. The van der Waals surface area contributed by atoms with Gasteiger partial charge in [0.25, 0.3) is 0 Å². The Labute approximate surface area is 125 Å². The number of hydrogen-bond donors (Lipinski definition) is 1. The van der Waals surface area contributed by atoms with Gasteiger partial charge in [0.1, 0.15) is 17.2 Å². The fourth-order valence-corrected chi connectivity index (χ4v) is 2.36. The molecule has 3 rings (SSSR count). The summed E-state index contributed by atoms with van der Waals surface area (Å²) in [7, 11) is 0. The van der Waals surface area contributed by atoms with Gasteiger partial charge in [0.15, 0.2) is 0 Å². The summed E-state index contributed by atoms with van der Waals surface area (Å²) >= 11 is 5.88. The molecule has 0 fully saturated rings. The lowest BCUT2D eigenvalue weighted by molar-refractivity contribution is 0.559. The Balaban J connectivity index is 2.46. The zero-order chi connectivity index (χ0) is 15.0. The number of hydrogen-bond acceptors (Lipinski definition) is 4. The zero-order valence-electron chi connectivity index (χ0n) is 10.8. The van der Waals surface area contributed by atoms with E-state index in [1.165, 1.54) is 0 Å². The second kappa shape index (κ2) is 4.97. The van der Waals surface area contributed by atoms with Crippen LogP contribution in [0.1, 0.15) is 5.56 Å². The van der Waals surface area contributed by atoms with Crippen LogP contribution in [-0.4, -0.2) is 0 Å². The van der Waals surface area contributed by atoms with Gasteiger partial charge in [-0.05, 0) is 29.8 Å². The zero-order valence-corrected chi connectivity index (χ0v) is 11.5. The molecule has 21 heavy (non-hydrogen) atoms. The minimum atomic E-state index is -0.680. The van der Waals surface area contributed by atoms with Crippen molar-refractivity contribution in [1.29, 1.82) is 5.26 Å². The number of nitrogens with zero attached hydrogens (tertiary/aromatic N) is 1. The summed E-state index contributed by atoms with van der Waals surface area (Å²) in [6.07, 6.45) is 0. The molecule has 0 bridgehead atoms. The second-order valence-corrected chi connectivity index (χ2v) is 4.95. The second-order valence-electron chi connectivity index (χ2n) is 4.51. The van der Waals surface area contributed by atoms with Gasteiger partial charge in [0.2, 0.25) is 0 Å². The highest BCUT2D eigenvalue weighted by Crippen LogP contribution is 2.31. The maximum atomic E-state index is 12.0. The topological polar surface area (TPSA) is 80.0 Å². The minimum absolute atomic E-state index is 0.0328. The van der Waals surface area contributed by atoms with Crippen molar-refractivity contribution in [1.82, 2.24) is 0 Å². The molecular formula is C16H9ClN2O2. The molecule has 5 heteroatoms.